The molecule has 0 aromatic heterocycles. The maximum absolute atomic E-state index is 11.5. The van der Waals surface area contributed by atoms with Gasteiger partial charge in [-0.3, -0.25) is 4.79 Å². The minimum Gasteiger partial charge on any atom is -0.496 e. The van der Waals surface area contributed by atoms with E-state index in [1.54, 1.807) is 19.1 Å². The number of benzene rings is 1. The van der Waals surface area contributed by atoms with Gasteiger partial charge in [-0.1, -0.05) is 0 Å². The highest BCUT2D eigenvalue weighted by molar-refractivity contribution is 6.03. The zero-order valence-corrected chi connectivity index (χ0v) is 10.9. The van der Waals surface area contributed by atoms with E-state index in [4.69, 9.17) is 14.6 Å². The monoisotopic (exact) mass is 265 g/mol. The number of ether oxygens (including phenoxy) is 2. The maximum atomic E-state index is 11.5. The number of carbonyl (C=O) groups is 2. The van der Waals surface area contributed by atoms with Crippen LogP contribution in [0.2, 0.25) is 0 Å². The molecule has 0 saturated heterocycles. The van der Waals surface area contributed by atoms with Crippen molar-refractivity contribution in [3.63, 3.8) is 0 Å². The minimum atomic E-state index is -1.19. The maximum Gasteiger partial charge on any atom is 0.328 e. The van der Waals surface area contributed by atoms with Crippen LogP contribution >= 0.6 is 0 Å². The molecule has 6 heteroatoms. The zero-order valence-electron chi connectivity index (χ0n) is 10.9. The van der Waals surface area contributed by atoms with Gasteiger partial charge in [-0.2, -0.15) is 0 Å². The van der Waals surface area contributed by atoms with E-state index in [0.717, 1.165) is 17.7 Å². The number of amides is 1. The van der Waals surface area contributed by atoms with Crippen LogP contribution in [0.15, 0.2) is 24.3 Å². The molecule has 0 fully saturated rings. The fraction of sp³-hybridized carbons (Fsp3) is 0.231. The van der Waals surface area contributed by atoms with Crippen molar-refractivity contribution in [2.75, 3.05) is 19.5 Å². The third-order valence-electron chi connectivity index (χ3n) is 2.42. The van der Waals surface area contributed by atoms with Crippen LogP contribution in [0.4, 0.5) is 5.69 Å². The second-order valence-corrected chi connectivity index (χ2v) is 3.63. The molecule has 0 heterocycles. The summed E-state index contributed by atoms with van der Waals surface area (Å²) in [6.07, 6.45) is 1.69. The average Bonchev–Trinajstić information content (AvgIpc) is 2.37. The van der Waals surface area contributed by atoms with Gasteiger partial charge in [-0.15, -0.1) is 0 Å². The first-order valence-corrected chi connectivity index (χ1v) is 5.43. The lowest BCUT2D eigenvalue weighted by Crippen LogP contribution is -2.10. The molecule has 0 aliphatic heterocycles. The number of hydrogen-bond acceptors (Lipinski definition) is 4. The van der Waals surface area contributed by atoms with Crippen molar-refractivity contribution in [1.82, 2.24) is 0 Å². The Balaban J connectivity index is 2.99. The van der Waals surface area contributed by atoms with Gasteiger partial charge in [-0.05, 0) is 19.1 Å². The van der Waals surface area contributed by atoms with Crippen LogP contribution in [0.25, 0.3) is 0 Å². The van der Waals surface area contributed by atoms with Crippen molar-refractivity contribution in [2.24, 2.45) is 0 Å². The lowest BCUT2D eigenvalue weighted by molar-refractivity contribution is -0.131. The van der Waals surface area contributed by atoms with E-state index in [-0.39, 0.29) is 0 Å². The molecule has 1 amide bonds. The molecule has 1 aromatic rings. The molecule has 0 radical (unpaired) electrons. The fourth-order valence-corrected chi connectivity index (χ4v) is 1.58. The Hall–Kier alpha value is -2.50. The Morgan fingerprint density at radius 1 is 1.21 bits per heavy atom. The van der Waals surface area contributed by atoms with Crippen molar-refractivity contribution in [1.29, 1.82) is 0 Å². The fourth-order valence-electron chi connectivity index (χ4n) is 1.58. The highest BCUT2D eigenvalue weighted by Gasteiger charge is 2.12. The summed E-state index contributed by atoms with van der Waals surface area (Å²) in [5.74, 6) is -0.634. The number of nitrogens with one attached hydrogen (secondary N) is 1. The summed E-state index contributed by atoms with van der Waals surface area (Å²) >= 11 is 0. The summed E-state index contributed by atoms with van der Waals surface area (Å²) in [6.45, 7) is 1.79. The highest BCUT2D eigenvalue weighted by Crippen LogP contribution is 2.34. The number of methoxy groups -OCH3 is 2. The first kappa shape index (κ1) is 14.6. The van der Waals surface area contributed by atoms with E-state index >= 15 is 0 Å². The molecule has 19 heavy (non-hydrogen) atoms. The number of carbonyl (C=O) groups excluding carboxylic acids is 1. The van der Waals surface area contributed by atoms with Gasteiger partial charge in [-0.25, -0.2) is 4.79 Å². The van der Waals surface area contributed by atoms with E-state index in [2.05, 4.69) is 5.32 Å². The first-order chi connectivity index (χ1) is 8.99. The quantitative estimate of drug-likeness (QED) is 0.790. The summed E-state index contributed by atoms with van der Waals surface area (Å²) in [6, 6.07) is 3.31. The van der Waals surface area contributed by atoms with E-state index in [1.807, 2.05) is 0 Å². The second kappa shape index (κ2) is 6.44. The average molecular weight is 265 g/mol. The summed E-state index contributed by atoms with van der Waals surface area (Å²) in [5.41, 5.74) is 1.19. The molecule has 1 aromatic carbocycles. The molecular weight excluding hydrogens is 250 g/mol. The predicted molar refractivity (Wildman–Crippen MR) is 69.7 cm³/mol. The van der Waals surface area contributed by atoms with Gasteiger partial charge >= 0.3 is 5.97 Å². The molecule has 0 spiro atoms. The Kier molecular flexibility index (Phi) is 4.93. The van der Waals surface area contributed by atoms with Gasteiger partial charge in [0, 0.05) is 17.7 Å². The summed E-state index contributed by atoms with van der Waals surface area (Å²) in [4.78, 5) is 21.8. The van der Waals surface area contributed by atoms with E-state index in [1.165, 1.54) is 14.2 Å². The predicted octanol–water partition coefficient (Wildman–Crippen LogP) is 1.59. The summed E-state index contributed by atoms with van der Waals surface area (Å²) in [7, 11) is 3.01. The Labute approximate surface area is 110 Å². The lowest BCUT2D eigenvalue weighted by atomic mass is 10.1. The van der Waals surface area contributed by atoms with Crippen molar-refractivity contribution in [3.05, 3.63) is 29.8 Å². The van der Waals surface area contributed by atoms with Crippen LogP contribution < -0.4 is 14.8 Å². The molecule has 0 bridgehead atoms. The molecule has 102 valence electrons. The molecule has 0 unspecified atom stereocenters. The second-order valence-electron chi connectivity index (χ2n) is 3.63. The number of carboxylic acids is 1. The van der Waals surface area contributed by atoms with Crippen LogP contribution in [0.3, 0.4) is 0 Å². The molecule has 1 rings (SSSR count). The topological polar surface area (TPSA) is 84.9 Å². The van der Waals surface area contributed by atoms with Crippen LogP contribution in [0, 0.1) is 6.92 Å². The van der Waals surface area contributed by atoms with E-state index < -0.39 is 11.9 Å². The Morgan fingerprint density at radius 2 is 1.89 bits per heavy atom. The SMILES string of the molecule is COc1ccc(NC(=O)/C=C/C(=O)O)c(OC)c1C. The van der Waals surface area contributed by atoms with Crippen molar-refractivity contribution >= 4 is 17.6 Å². The van der Waals surface area contributed by atoms with Crippen molar-refractivity contribution in [2.45, 2.75) is 6.92 Å². The van der Waals surface area contributed by atoms with Crippen molar-refractivity contribution in [3.8, 4) is 11.5 Å². The van der Waals surface area contributed by atoms with Gasteiger partial charge in [0.1, 0.15) is 11.5 Å². The van der Waals surface area contributed by atoms with Crippen LogP contribution in [-0.4, -0.2) is 31.2 Å². The Bertz CT molecular complexity index is 522. The minimum absolute atomic E-state index is 0.445. The summed E-state index contributed by atoms with van der Waals surface area (Å²) in [5, 5.41) is 11.0. The zero-order chi connectivity index (χ0) is 14.4. The molecular formula is C13H15NO5. The van der Waals surface area contributed by atoms with Gasteiger partial charge in [0.25, 0.3) is 0 Å². The number of anilines is 1. The molecule has 6 nitrogen and oxygen atoms in total. The van der Waals surface area contributed by atoms with E-state index in [9.17, 15) is 9.59 Å². The van der Waals surface area contributed by atoms with Gasteiger partial charge in [0.15, 0.2) is 0 Å². The van der Waals surface area contributed by atoms with Gasteiger partial charge in [0.05, 0.1) is 19.9 Å². The smallest absolute Gasteiger partial charge is 0.328 e. The van der Waals surface area contributed by atoms with Crippen LogP contribution in [-0.2, 0) is 9.59 Å². The van der Waals surface area contributed by atoms with Gasteiger partial charge in [0.2, 0.25) is 5.91 Å². The molecule has 0 aliphatic rings. The first-order valence-electron chi connectivity index (χ1n) is 5.43. The standard InChI is InChI=1S/C13H15NO5/c1-8-10(18-2)5-4-9(13(8)19-3)14-11(15)6-7-12(16)17/h4-7H,1-3H3,(H,14,15)(H,16,17)/b7-6+. The number of aliphatic carboxylic acids is 1. The number of rotatable bonds is 5. The summed E-state index contributed by atoms with van der Waals surface area (Å²) < 4.78 is 10.4. The third-order valence-corrected chi connectivity index (χ3v) is 2.42. The Morgan fingerprint density at radius 3 is 2.42 bits per heavy atom. The highest BCUT2D eigenvalue weighted by atomic mass is 16.5. The third kappa shape index (κ3) is 3.74. The van der Waals surface area contributed by atoms with Crippen LogP contribution in [0.1, 0.15) is 5.56 Å². The van der Waals surface area contributed by atoms with Crippen molar-refractivity contribution < 1.29 is 24.2 Å². The molecule has 2 N–H and O–H groups in total. The number of carboxylic acid groups (broad SMARTS) is 1. The normalized spacial score (nSPS) is 10.3. The molecule has 0 atom stereocenters. The molecule has 0 aliphatic carbocycles. The van der Waals surface area contributed by atoms with Crippen LogP contribution in [0.5, 0.6) is 11.5 Å². The van der Waals surface area contributed by atoms with E-state index in [0.29, 0.717) is 17.2 Å². The lowest BCUT2D eigenvalue weighted by Gasteiger charge is -2.14. The number of hydrogen-bond donors (Lipinski definition) is 2. The van der Waals surface area contributed by atoms with Gasteiger partial charge < -0.3 is 19.9 Å². The largest absolute Gasteiger partial charge is 0.496 e. The molecule has 0 saturated carbocycles.